The monoisotopic (exact) mass is 312 g/mol. The summed E-state index contributed by atoms with van der Waals surface area (Å²) >= 11 is 0. The van der Waals surface area contributed by atoms with Gasteiger partial charge in [0.15, 0.2) is 0 Å². The van der Waals surface area contributed by atoms with Crippen LogP contribution in [-0.4, -0.2) is 10.2 Å². The van der Waals surface area contributed by atoms with Crippen molar-refractivity contribution in [2.75, 3.05) is 0 Å². The Morgan fingerprint density at radius 2 is 0.913 bits per heavy atom. The van der Waals surface area contributed by atoms with Gasteiger partial charge in [-0.15, -0.1) is 0 Å². The second-order valence-electron chi connectivity index (χ2n) is 7.37. The van der Waals surface area contributed by atoms with Crippen molar-refractivity contribution in [2.24, 2.45) is 0 Å². The van der Waals surface area contributed by atoms with Crippen LogP contribution in [0.2, 0.25) is 0 Å². The predicted octanol–water partition coefficient (Wildman–Crippen LogP) is 4.32. The van der Waals surface area contributed by atoms with Crippen LogP contribution in [-0.2, 0) is 24.0 Å². The third-order valence-electron chi connectivity index (χ3n) is 4.25. The first-order valence-electron chi connectivity index (χ1n) is 8.30. The summed E-state index contributed by atoms with van der Waals surface area (Å²) in [5, 5.41) is 19.9. The summed E-state index contributed by atoms with van der Waals surface area (Å²) in [5.74, 6) is 0. The lowest BCUT2D eigenvalue weighted by Gasteiger charge is -2.18. The second kappa shape index (κ2) is 6.86. The minimum atomic E-state index is -0.777. The lowest BCUT2D eigenvalue weighted by molar-refractivity contribution is 0.0780. The van der Waals surface area contributed by atoms with Crippen molar-refractivity contribution in [2.45, 2.75) is 58.2 Å². The Labute approximate surface area is 139 Å². The maximum absolute atomic E-state index is 9.97. The zero-order valence-corrected chi connectivity index (χ0v) is 14.6. The van der Waals surface area contributed by atoms with Gasteiger partial charge in [0.05, 0.1) is 11.2 Å². The quantitative estimate of drug-likeness (QED) is 0.834. The molecule has 2 N–H and O–H groups in total. The average molecular weight is 312 g/mol. The lowest BCUT2D eigenvalue weighted by atomic mass is 9.95. The van der Waals surface area contributed by atoms with Crippen molar-refractivity contribution in [3.05, 3.63) is 70.8 Å². The van der Waals surface area contributed by atoms with Gasteiger partial charge in [0.25, 0.3) is 0 Å². The Hall–Kier alpha value is -1.64. The number of hydrogen-bond donors (Lipinski definition) is 2. The number of aryl methyl sites for hydroxylation is 2. The maximum atomic E-state index is 9.97. The van der Waals surface area contributed by atoms with Crippen LogP contribution in [0.5, 0.6) is 0 Å². The lowest BCUT2D eigenvalue weighted by Crippen LogP contribution is -2.15. The van der Waals surface area contributed by atoms with Gasteiger partial charge in [-0.1, -0.05) is 48.5 Å². The fourth-order valence-electron chi connectivity index (χ4n) is 2.66. The van der Waals surface area contributed by atoms with Crippen LogP contribution < -0.4 is 0 Å². The molecular formula is C21H28O2. The normalized spacial score (nSPS) is 12.4. The Morgan fingerprint density at radius 1 is 0.609 bits per heavy atom. The SMILES string of the molecule is CC(C)(O)c1ccc(CCCc2ccc(C(C)(C)O)cc2)cc1. The van der Waals surface area contributed by atoms with Gasteiger partial charge < -0.3 is 10.2 Å². The van der Waals surface area contributed by atoms with E-state index >= 15 is 0 Å². The summed E-state index contributed by atoms with van der Waals surface area (Å²) in [6.07, 6.45) is 3.14. The minimum Gasteiger partial charge on any atom is -0.386 e. The first kappa shape index (κ1) is 17.7. The molecule has 0 fully saturated rings. The molecular weight excluding hydrogens is 284 g/mol. The van der Waals surface area contributed by atoms with Crippen LogP contribution in [0.25, 0.3) is 0 Å². The zero-order valence-electron chi connectivity index (χ0n) is 14.6. The molecule has 0 amide bonds. The van der Waals surface area contributed by atoms with Gasteiger partial charge in [0, 0.05) is 0 Å². The van der Waals surface area contributed by atoms with Crippen molar-refractivity contribution in [1.82, 2.24) is 0 Å². The molecule has 0 aliphatic rings. The Kier molecular flexibility index (Phi) is 5.28. The molecule has 0 radical (unpaired) electrons. The predicted molar refractivity (Wildman–Crippen MR) is 95.4 cm³/mol. The van der Waals surface area contributed by atoms with Crippen LogP contribution in [0.1, 0.15) is 56.4 Å². The van der Waals surface area contributed by atoms with Crippen molar-refractivity contribution < 1.29 is 10.2 Å². The van der Waals surface area contributed by atoms with Gasteiger partial charge in [-0.05, 0) is 69.2 Å². The second-order valence-corrected chi connectivity index (χ2v) is 7.37. The van der Waals surface area contributed by atoms with E-state index in [-0.39, 0.29) is 0 Å². The highest BCUT2D eigenvalue weighted by molar-refractivity contribution is 5.28. The summed E-state index contributed by atoms with van der Waals surface area (Å²) in [5.41, 5.74) is 2.94. The third kappa shape index (κ3) is 5.19. The third-order valence-corrected chi connectivity index (χ3v) is 4.25. The molecule has 0 saturated carbocycles. The van der Waals surface area contributed by atoms with E-state index < -0.39 is 11.2 Å². The van der Waals surface area contributed by atoms with Crippen LogP contribution in [0.3, 0.4) is 0 Å². The molecule has 0 spiro atoms. The summed E-state index contributed by atoms with van der Waals surface area (Å²) in [6.45, 7) is 7.22. The molecule has 0 heterocycles. The van der Waals surface area contributed by atoms with Gasteiger partial charge in [-0.2, -0.15) is 0 Å². The molecule has 0 atom stereocenters. The highest BCUT2D eigenvalue weighted by atomic mass is 16.3. The first-order valence-corrected chi connectivity index (χ1v) is 8.30. The topological polar surface area (TPSA) is 40.5 Å². The molecule has 2 heteroatoms. The van der Waals surface area contributed by atoms with Gasteiger partial charge in [0.2, 0.25) is 0 Å². The standard InChI is InChI=1S/C21H28O2/c1-20(2,22)18-12-8-16(9-13-18)6-5-7-17-10-14-19(15-11-17)21(3,4)23/h8-15,22-23H,5-7H2,1-4H3. The van der Waals surface area contributed by atoms with Crippen LogP contribution >= 0.6 is 0 Å². The molecule has 0 saturated heterocycles. The molecule has 0 unspecified atom stereocenters. The molecule has 2 aromatic rings. The van der Waals surface area contributed by atoms with E-state index in [0.717, 1.165) is 30.4 Å². The molecule has 23 heavy (non-hydrogen) atoms. The van der Waals surface area contributed by atoms with E-state index in [4.69, 9.17) is 0 Å². The average Bonchev–Trinajstić information content (AvgIpc) is 2.46. The Morgan fingerprint density at radius 3 is 1.17 bits per heavy atom. The van der Waals surface area contributed by atoms with Gasteiger partial charge in [0.1, 0.15) is 0 Å². The molecule has 2 rings (SSSR count). The van der Waals surface area contributed by atoms with E-state index in [9.17, 15) is 10.2 Å². The number of benzene rings is 2. The molecule has 124 valence electrons. The smallest absolute Gasteiger partial charge is 0.0840 e. The number of rotatable bonds is 6. The Bertz CT molecular complexity index is 553. The minimum absolute atomic E-state index is 0.777. The van der Waals surface area contributed by atoms with E-state index in [1.807, 2.05) is 24.3 Å². The zero-order chi connectivity index (χ0) is 17.1. The van der Waals surface area contributed by atoms with E-state index in [0.29, 0.717) is 0 Å². The molecule has 0 aliphatic carbocycles. The molecule has 0 aliphatic heterocycles. The molecule has 2 nitrogen and oxygen atoms in total. The summed E-state index contributed by atoms with van der Waals surface area (Å²) in [6, 6.07) is 16.4. The fourth-order valence-corrected chi connectivity index (χ4v) is 2.66. The highest BCUT2D eigenvalue weighted by Gasteiger charge is 2.15. The Balaban J connectivity index is 1.87. The van der Waals surface area contributed by atoms with E-state index in [1.165, 1.54) is 11.1 Å². The number of aliphatic hydroxyl groups is 2. The van der Waals surface area contributed by atoms with Crippen molar-refractivity contribution in [3.63, 3.8) is 0 Å². The van der Waals surface area contributed by atoms with Crippen molar-refractivity contribution >= 4 is 0 Å². The van der Waals surface area contributed by atoms with Crippen molar-refractivity contribution in [3.8, 4) is 0 Å². The number of hydrogen-bond acceptors (Lipinski definition) is 2. The largest absolute Gasteiger partial charge is 0.386 e. The molecule has 0 bridgehead atoms. The summed E-state index contributed by atoms with van der Waals surface area (Å²) < 4.78 is 0. The first-order chi connectivity index (χ1) is 10.7. The highest BCUT2D eigenvalue weighted by Crippen LogP contribution is 2.22. The molecule has 0 aromatic heterocycles. The summed E-state index contributed by atoms with van der Waals surface area (Å²) in [4.78, 5) is 0. The van der Waals surface area contributed by atoms with E-state index in [2.05, 4.69) is 24.3 Å². The van der Waals surface area contributed by atoms with Gasteiger partial charge in [-0.3, -0.25) is 0 Å². The van der Waals surface area contributed by atoms with Crippen LogP contribution in [0.4, 0.5) is 0 Å². The summed E-state index contributed by atoms with van der Waals surface area (Å²) in [7, 11) is 0. The van der Waals surface area contributed by atoms with Gasteiger partial charge >= 0.3 is 0 Å². The van der Waals surface area contributed by atoms with Crippen molar-refractivity contribution in [1.29, 1.82) is 0 Å². The van der Waals surface area contributed by atoms with E-state index in [1.54, 1.807) is 27.7 Å². The van der Waals surface area contributed by atoms with Crippen LogP contribution in [0.15, 0.2) is 48.5 Å². The van der Waals surface area contributed by atoms with Crippen LogP contribution in [0, 0.1) is 0 Å². The maximum Gasteiger partial charge on any atom is 0.0840 e. The molecule has 2 aromatic carbocycles. The van der Waals surface area contributed by atoms with Gasteiger partial charge in [-0.25, -0.2) is 0 Å². The fraction of sp³-hybridized carbons (Fsp3) is 0.429.